The Morgan fingerprint density at radius 2 is 1.80 bits per heavy atom. The first kappa shape index (κ1) is 51.4. The van der Waals surface area contributed by atoms with Crippen LogP contribution in [-0.2, 0) is 57.0 Å². The summed E-state index contributed by atoms with van der Waals surface area (Å²) < 4.78 is 67.8. The highest BCUT2D eigenvalue weighted by atomic mass is 32.5. The number of ether oxygens (including phenoxy) is 1. The lowest BCUT2D eigenvalue weighted by atomic mass is 10.1. The van der Waals surface area contributed by atoms with Gasteiger partial charge in [-0.2, -0.15) is 10.2 Å². The van der Waals surface area contributed by atoms with Gasteiger partial charge in [0.15, 0.2) is 17.4 Å². The summed E-state index contributed by atoms with van der Waals surface area (Å²) in [5.74, 6) is -0.755. The fraction of sp³-hybridized carbons (Fsp3) is 0.718. The van der Waals surface area contributed by atoms with Gasteiger partial charge in [-0.05, 0) is 52.9 Å². The van der Waals surface area contributed by atoms with Crippen LogP contribution in [0.25, 0.3) is 11.2 Å². The van der Waals surface area contributed by atoms with Gasteiger partial charge in [-0.3, -0.25) is 29.0 Å². The quantitative estimate of drug-likeness (QED) is 0.0544. The molecule has 21 nitrogen and oxygen atoms in total. The van der Waals surface area contributed by atoms with E-state index >= 15 is 0 Å². The zero-order valence-electron chi connectivity index (χ0n) is 38.4. The summed E-state index contributed by atoms with van der Waals surface area (Å²) in [6, 6.07) is 3.57. The second-order valence-corrected chi connectivity index (χ2v) is 30.6. The van der Waals surface area contributed by atoms with E-state index in [4.69, 9.17) is 47.6 Å². The largest absolute Gasteiger partial charge is 0.695 e. The van der Waals surface area contributed by atoms with E-state index in [1.807, 2.05) is 0 Å². The normalized spacial score (nSPS) is 26.6. The van der Waals surface area contributed by atoms with Crippen molar-refractivity contribution >= 4 is 72.7 Å². The number of H-pyrrole nitrogens is 1. The highest BCUT2D eigenvalue weighted by Crippen LogP contribution is 2.57. The number of aromatic nitrogens is 6. The molecule has 4 N–H and O–H groups in total. The van der Waals surface area contributed by atoms with Crippen molar-refractivity contribution < 1.29 is 50.1 Å². The Balaban J connectivity index is 1.44. The molecule has 358 valence electrons. The van der Waals surface area contributed by atoms with Gasteiger partial charge in [-0.1, -0.05) is 69.2 Å². The van der Waals surface area contributed by atoms with Crippen molar-refractivity contribution in [2.24, 2.45) is 11.8 Å². The van der Waals surface area contributed by atoms with Gasteiger partial charge in [0.1, 0.15) is 36.6 Å². The van der Waals surface area contributed by atoms with Gasteiger partial charge >= 0.3 is 32.1 Å². The molecule has 2 saturated heterocycles. The number of amides is 1. The Labute approximate surface area is 387 Å². The number of nitriles is 1. The molecule has 0 spiro atoms. The standard InChI is InChI=1S/C39H61N9O12P2SSi2/c1-22(2)36(49)46-39-45-35-32(37(50)47-39)43-21-48(35)38-34(33-30(56-38)19-55-64(23(3)4,24(5)6)60-65(59-33,25(7)8)26(9)10)58-62(63,53-15-11-13-40)54-18-27-16-28(17-29(27)57-61(51)52)44-31-12-14-41-20-42-31/h12,14,20-30,33-34,38H,11,15-19H2,1-10H3,(H3-,41,42,44,45,46,47,49,50,51,52)/p+1/t27-,28-,29+,30-,33-,34-,38-,62?/m1/s1. The third kappa shape index (κ3) is 11.5. The molecule has 3 fully saturated rings. The molecule has 1 saturated carbocycles. The minimum Gasteiger partial charge on any atom is -0.414 e. The lowest BCUT2D eigenvalue weighted by Crippen LogP contribution is -2.65. The first-order valence-electron chi connectivity index (χ1n) is 22.0. The molecule has 5 heterocycles. The lowest BCUT2D eigenvalue weighted by molar-refractivity contribution is -0.118. The zero-order chi connectivity index (χ0) is 47.4. The topological polar surface area (TPSA) is 265 Å². The molecule has 9 atom stereocenters. The van der Waals surface area contributed by atoms with Crippen LogP contribution < -0.4 is 16.2 Å². The van der Waals surface area contributed by atoms with Crippen LogP contribution in [0.3, 0.4) is 0 Å². The SMILES string of the molecule is CC(C)C(=O)Nc1nc2c(ncn2[C@@H]2O[C@@H]3CO[Si](C(C)C)(C(C)C)O[Si](C(C)C)(C(C)C)O[C@H]3[C@H]2OP(=S)(OCCC#N)OC[C@H]2C[C@@H](Nc3ccncn3)C[C@@H]2O[P+](=O)O)c(=O)[nH]1. The number of fused-ring (bicyclic) bond motifs is 2. The molecular weight excluding hydrogens is 937 g/mol. The predicted octanol–water partition coefficient (Wildman–Crippen LogP) is 6.84. The Bertz CT molecular complexity index is 2270. The molecule has 3 aromatic rings. The summed E-state index contributed by atoms with van der Waals surface area (Å²) in [5, 5.41) is 15.6. The van der Waals surface area contributed by atoms with E-state index < -0.39 is 80.1 Å². The maximum atomic E-state index is 13.5. The Kier molecular flexibility index (Phi) is 17.0. The third-order valence-electron chi connectivity index (χ3n) is 12.0. The summed E-state index contributed by atoms with van der Waals surface area (Å²) in [4.78, 5) is 55.9. The van der Waals surface area contributed by atoms with Crippen LogP contribution in [-0.4, -0.2) is 108 Å². The van der Waals surface area contributed by atoms with Gasteiger partial charge < -0.3 is 32.1 Å². The molecular formula is C39H62N9O12P2SSi2+. The average molecular weight is 999 g/mol. The number of aromatic amines is 1. The Morgan fingerprint density at radius 1 is 1.09 bits per heavy atom. The minimum absolute atomic E-state index is 0.0283. The van der Waals surface area contributed by atoms with Crippen molar-refractivity contribution in [3.63, 3.8) is 0 Å². The van der Waals surface area contributed by atoms with Crippen molar-refractivity contribution in [2.75, 3.05) is 30.5 Å². The molecule has 0 radical (unpaired) electrons. The summed E-state index contributed by atoms with van der Waals surface area (Å²) in [6.07, 6.45) is 0.439. The Hall–Kier alpha value is -2.99. The van der Waals surface area contributed by atoms with Crippen LogP contribution in [0.5, 0.6) is 0 Å². The second kappa shape index (κ2) is 21.5. The molecule has 65 heavy (non-hydrogen) atoms. The van der Waals surface area contributed by atoms with Crippen LogP contribution in [0.1, 0.15) is 94.7 Å². The minimum atomic E-state index is -3.93. The molecule has 2 aliphatic heterocycles. The number of carbonyl (C=O) groups is 1. The van der Waals surface area contributed by atoms with E-state index in [1.54, 1.807) is 26.1 Å². The van der Waals surface area contributed by atoms with Crippen LogP contribution in [0, 0.1) is 23.2 Å². The molecule has 0 bridgehead atoms. The number of hydrogen-bond acceptors (Lipinski definition) is 18. The van der Waals surface area contributed by atoms with E-state index in [9.17, 15) is 24.3 Å². The zero-order valence-corrected chi connectivity index (χ0v) is 43.0. The van der Waals surface area contributed by atoms with Gasteiger partial charge in [0.05, 0.1) is 38.6 Å². The smallest absolute Gasteiger partial charge is 0.414 e. The van der Waals surface area contributed by atoms with Crippen molar-refractivity contribution in [3.05, 3.63) is 35.3 Å². The summed E-state index contributed by atoms with van der Waals surface area (Å²) >= 11 is 6.21. The van der Waals surface area contributed by atoms with Crippen molar-refractivity contribution in [1.82, 2.24) is 29.5 Å². The van der Waals surface area contributed by atoms with Crippen LogP contribution in [0.4, 0.5) is 11.8 Å². The van der Waals surface area contributed by atoms with Crippen molar-refractivity contribution in [2.45, 2.75) is 147 Å². The Morgan fingerprint density at radius 3 is 2.42 bits per heavy atom. The average Bonchev–Trinajstić information content (AvgIpc) is 3.91. The number of imidazole rings is 1. The maximum absolute atomic E-state index is 13.5. The first-order chi connectivity index (χ1) is 30.7. The number of nitrogens with zero attached hydrogens (tertiary/aromatic N) is 6. The maximum Gasteiger partial charge on any atom is 0.695 e. The molecule has 0 aromatic carbocycles. The highest BCUT2D eigenvalue weighted by Gasteiger charge is 2.63. The van der Waals surface area contributed by atoms with Gasteiger partial charge in [-0.25, -0.2) is 15.0 Å². The lowest BCUT2D eigenvalue weighted by Gasteiger charge is -2.51. The summed E-state index contributed by atoms with van der Waals surface area (Å²) in [6.45, 7) is 16.1. The van der Waals surface area contributed by atoms with Crippen LogP contribution in [0.15, 0.2) is 29.7 Å². The fourth-order valence-electron chi connectivity index (χ4n) is 8.74. The number of carbonyl (C=O) groups excluding carboxylic acids is 1. The molecule has 1 aliphatic carbocycles. The number of rotatable bonds is 19. The van der Waals surface area contributed by atoms with Crippen LogP contribution in [0.2, 0.25) is 22.2 Å². The van der Waals surface area contributed by atoms with Crippen LogP contribution >= 0.6 is 15.0 Å². The fourth-order valence-corrected chi connectivity index (χ4v) is 22.5. The first-order valence-corrected chi connectivity index (χ1v) is 29.6. The summed E-state index contributed by atoms with van der Waals surface area (Å²) in [7, 11) is -9.34. The predicted molar refractivity (Wildman–Crippen MR) is 247 cm³/mol. The van der Waals surface area contributed by atoms with Gasteiger partial charge in [-0.15, -0.1) is 9.42 Å². The van der Waals surface area contributed by atoms with Gasteiger partial charge in [0.2, 0.25) is 11.9 Å². The molecule has 1 amide bonds. The molecule has 26 heteroatoms. The number of anilines is 2. The van der Waals surface area contributed by atoms with E-state index in [0.717, 1.165) is 0 Å². The van der Waals surface area contributed by atoms with E-state index in [0.29, 0.717) is 18.7 Å². The number of hydrogen-bond donors (Lipinski definition) is 4. The molecule has 2 unspecified atom stereocenters. The van der Waals surface area contributed by atoms with Crippen molar-refractivity contribution in [1.29, 1.82) is 5.26 Å². The third-order valence-corrected chi connectivity index (χ3v) is 25.1. The van der Waals surface area contributed by atoms with E-state index in [-0.39, 0.29) is 77.5 Å². The van der Waals surface area contributed by atoms with E-state index in [1.165, 1.54) is 17.2 Å². The van der Waals surface area contributed by atoms with Crippen molar-refractivity contribution in [3.8, 4) is 6.07 Å². The molecule has 3 aromatic heterocycles. The molecule has 6 rings (SSSR count). The number of nitrogens with one attached hydrogen (secondary N) is 3. The van der Waals surface area contributed by atoms with Gasteiger partial charge in [0.25, 0.3) is 5.56 Å². The summed E-state index contributed by atoms with van der Waals surface area (Å²) in [5.41, 5.74) is -0.629. The molecule has 3 aliphatic rings. The van der Waals surface area contributed by atoms with E-state index in [2.05, 4.69) is 97.0 Å². The van der Waals surface area contributed by atoms with Gasteiger partial charge in [0, 0.05) is 28.6 Å². The second-order valence-electron chi connectivity index (χ2n) is 18.1. The monoisotopic (exact) mass is 998 g/mol. The highest BCUT2D eigenvalue weighted by molar-refractivity contribution is 8.07.